The lowest BCUT2D eigenvalue weighted by atomic mass is 9.49. The van der Waals surface area contributed by atoms with Crippen molar-refractivity contribution in [2.75, 3.05) is 0 Å². The van der Waals surface area contributed by atoms with E-state index in [-0.39, 0.29) is 11.3 Å². The summed E-state index contributed by atoms with van der Waals surface area (Å²) >= 11 is 0. The molecule has 162 valence electrons. The van der Waals surface area contributed by atoms with Gasteiger partial charge in [-0.2, -0.15) is 10.4 Å². The lowest BCUT2D eigenvalue weighted by Gasteiger charge is -2.56. The Bertz CT molecular complexity index is 868. The molecule has 5 heteroatoms. The highest BCUT2D eigenvalue weighted by atomic mass is 16.3. The number of Topliss-reactive ketones (excluding diaryl/α,β-unsaturated/α-hetero) is 1. The fourth-order valence-electron chi connectivity index (χ4n) is 8.39. The molecule has 0 spiro atoms. The van der Waals surface area contributed by atoms with E-state index in [1.807, 2.05) is 6.92 Å². The van der Waals surface area contributed by atoms with Crippen LogP contribution in [0.3, 0.4) is 0 Å². The first-order valence-corrected chi connectivity index (χ1v) is 12.0. The Morgan fingerprint density at radius 3 is 2.73 bits per heavy atom. The number of carbonyl (C=O) groups excluding carboxylic acids is 1. The Morgan fingerprint density at radius 1 is 1.17 bits per heavy atom. The molecule has 4 saturated carbocycles. The van der Waals surface area contributed by atoms with E-state index >= 15 is 0 Å². The summed E-state index contributed by atoms with van der Waals surface area (Å²) in [6.07, 6.45) is 13.5. The molecule has 1 heterocycles. The second kappa shape index (κ2) is 7.19. The Labute approximate surface area is 179 Å². The van der Waals surface area contributed by atoms with Crippen molar-refractivity contribution in [2.45, 2.75) is 83.8 Å². The molecule has 0 aromatic carbocycles. The summed E-state index contributed by atoms with van der Waals surface area (Å²) in [5, 5.41) is 23.8. The minimum absolute atomic E-state index is 0.121. The monoisotopic (exact) mass is 409 g/mol. The quantitative estimate of drug-likeness (QED) is 0.805. The number of aromatic nitrogens is 2. The molecule has 4 fully saturated rings. The van der Waals surface area contributed by atoms with Crippen LogP contribution in [-0.2, 0) is 11.3 Å². The lowest BCUT2D eigenvalue weighted by Crippen LogP contribution is -2.51. The average Bonchev–Trinajstić information content (AvgIpc) is 3.30. The van der Waals surface area contributed by atoms with Gasteiger partial charge in [0.1, 0.15) is 6.07 Å². The van der Waals surface area contributed by atoms with E-state index in [4.69, 9.17) is 5.26 Å². The normalized spacial score (nSPS) is 45.1. The first-order chi connectivity index (χ1) is 14.3. The number of nitriles is 1. The predicted octanol–water partition coefficient (Wildman–Crippen LogP) is 4.34. The zero-order valence-electron chi connectivity index (χ0n) is 18.4. The Hall–Kier alpha value is -1.67. The molecule has 8 atom stereocenters. The first-order valence-electron chi connectivity index (χ1n) is 12.0. The summed E-state index contributed by atoms with van der Waals surface area (Å²) < 4.78 is 1.64. The molecular formula is C25H35N3O2. The van der Waals surface area contributed by atoms with Crippen molar-refractivity contribution in [1.82, 2.24) is 9.78 Å². The van der Waals surface area contributed by atoms with Gasteiger partial charge in [-0.1, -0.05) is 6.92 Å². The van der Waals surface area contributed by atoms with E-state index in [2.05, 4.69) is 18.1 Å². The van der Waals surface area contributed by atoms with E-state index in [1.54, 1.807) is 10.9 Å². The van der Waals surface area contributed by atoms with Crippen molar-refractivity contribution in [3.8, 4) is 6.07 Å². The van der Waals surface area contributed by atoms with Crippen LogP contribution < -0.4 is 0 Å². The minimum Gasteiger partial charge on any atom is -0.390 e. The van der Waals surface area contributed by atoms with E-state index in [9.17, 15) is 9.90 Å². The number of hydrogen-bond acceptors (Lipinski definition) is 4. The van der Waals surface area contributed by atoms with Gasteiger partial charge in [-0.15, -0.1) is 0 Å². The van der Waals surface area contributed by atoms with Crippen molar-refractivity contribution >= 4 is 5.78 Å². The Balaban J connectivity index is 1.30. The summed E-state index contributed by atoms with van der Waals surface area (Å²) in [5.74, 6) is 4.15. The van der Waals surface area contributed by atoms with Crippen LogP contribution in [-0.4, -0.2) is 26.3 Å². The molecule has 0 bridgehead atoms. The Kier molecular flexibility index (Phi) is 4.85. The molecule has 2 unspecified atom stereocenters. The van der Waals surface area contributed by atoms with Gasteiger partial charge in [0.05, 0.1) is 23.9 Å². The molecule has 1 aromatic heterocycles. The summed E-state index contributed by atoms with van der Waals surface area (Å²) in [6, 6.07) is 2.09. The number of rotatable bonds is 3. The smallest absolute Gasteiger partial charge is 0.157 e. The third-order valence-corrected chi connectivity index (χ3v) is 9.71. The zero-order valence-corrected chi connectivity index (χ0v) is 18.4. The molecule has 0 saturated heterocycles. The van der Waals surface area contributed by atoms with Gasteiger partial charge in [0, 0.05) is 12.1 Å². The molecule has 0 radical (unpaired) electrons. The molecule has 4 aliphatic rings. The van der Waals surface area contributed by atoms with Crippen LogP contribution in [0.1, 0.15) is 77.2 Å². The van der Waals surface area contributed by atoms with E-state index in [0.717, 1.165) is 43.4 Å². The van der Waals surface area contributed by atoms with Crippen LogP contribution in [0, 0.1) is 52.3 Å². The molecule has 5 rings (SSSR count). The van der Waals surface area contributed by atoms with Gasteiger partial charge in [-0.3, -0.25) is 9.48 Å². The fraction of sp³-hybridized carbons (Fsp3) is 0.800. The number of fused-ring (bicyclic) bond motifs is 5. The van der Waals surface area contributed by atoms with Crippen molar-refractivity contribution < 1.29 is 9.90 Å². The van der Waals surface area contributed by atoms with Gasteiger partial charge in [0.15, 0.2) is 5.78 Å². The largest absolute Gasteiger partial charge is 0.390 e. The van der Waals surface area contributed by atoms with E-state index < -0.39 is 5.60 Å². The molecule has 0 aliphatic heterocycles. The van der Waals surface area contributed by atoms with Gasteiger partial charge >= 0.3 is 0 Å². The van der Waals surface area contributed by atoms with Crippen LogP contribution >= 0.6 is 0 Å². The number of nitrogens with zero attached hydrogens (tertiary/aromatic N) is 3. The minimum atomic E-state index is -0.458. The summed E-state index contributed by atoms with van der Waals surface area (Å²) in [4.78, 5) is 13.3. The number of carbonyl (C=O) groups is 1. The highest BCUT2D eigenvalue weighted by Crippen LogP contribution is 2.64. The van der Waals surface area contributed by atoms with E-state index in [1.165, 1.54) is 38.3 Å². The van der Waals surface area contributed by atoms with Crippen LogP contribution in [0.25, 0.3) is 0 Å². The van der Waals surface area contributed by atoms with Crippen molar-refractivity contribution in [3.05, 3.63) is 18.0 Å². The summed E-state index contributed by atoms with van der Waals surface area (Å²) in [6.45, 7) is 4.72. The second-order valence-electron chi connectivity index (χ2n) is 11.4. The molecule has 30 heavy (non-hydrogen) atoms. The molecule has 0 amide bonds. The van der Waals surface area contributed by atoms with Gasteiger partial charge in [0.2, 0.25) is 0 Å². The van der Waals surface area contributed by atoms with Crippen LogP contribution in [0.4, 0.5) is 0 Å². The maximum absolute atomic E-state index is 13.3. The topological polar surface area (TPSA) is 78.9 Å². The van der Waals surface area contributed by atoms with Gasteiger partial charge < -0.3 is 5.11 Å². The van der Waals surface area contributed by atoms with Gasteiger partial charge in [0.25, 0.3) is 0 Å². The molecule has 5 nitrogen and oxygen atoms in total. The highest BCUT2D eigenvalue weighted by Gasteiger charge is 2.58. The first kappa shape index (κ1) is 20.2. The Morgan fingerprint density at radius 2 is 1.97 bits per heavy atom. The van der Waals surface area contributed by atoms with Gasteiger partial charge in [-0.05, 0) is 99.7 Å². The second-order valence-corrected chi connectivity index (χ2v) is 11.4. The number of hydrogen-bond donors (Lipinski definition) is 1. The molecular weight excluding hydrogens is 374 g/mol. The third-order valence-electron chi connectivity index (χ3n) is 9.71. The lowest BCUT2D eigenvalue weighted by molar-refractivity contribution is -0.133. The fourth-order valence-corrected chi connectivity index (χ4v) is 8.39. The standard InChI is InChI=1S/C25H35N3O2/c1-24(30)9-7-18-17(11-24)3-4-20-19(18)8-10-25(2)21(20)5-6-22(25)23(29)15-28-14-16(12-26)13-27-28/h13-14,17-22,30H,3-11,15H2,1-2H3/t17?,18?,19-,20-,21+,22-,24-,25+/m1/s1. The molecule has 4 aliphatic carbocycles. The van der Waals surface area contributed by atoms with Crippen LogP contribution in [0.15, 0.2) is 12.4 Å². The van der Waals surface area contributed by atoms with Crippen molar-refractivity contribution in [2.24, 2.45) is 40.9 Å². The third kappa shape index (κ3) is 3.23. The summed E-state index contributed by atoms with van der Waals surface area (Å²) in [7, 11) is 0. The van der Waals surface area contributed by atoms with Crippen LogP contribution in [0.5, 0.6) is 0 Å². The SMILES string of the molecule is C[C@@]1(O)CCC2C(CC[C@@H]3[C@@H]2CC[C@]2(C)[C@@H](C(=O)Cn4cc(C#N)cn4)CC[C@@H]32)C1. The van der Waals surface area contributed by atoms with Crippen molar-refractivity contribution in [1.29, 1.82) is 5.26 Å². The van der Waals surface area contributed by atoms with Gasteiger partial charge in [-0.25, -0.2) is 0 Å². The highest BCUT2D eigenvalue weighted by molar-refractivity contribution is 5.82. The van der Waals surface area contributed by atoms with E-state index in [0.29, 0.717) is 29.7 Å². The number of aliphatic hydroxyl groups is 1. The number of ketones is 1. The maximum atomic E-state index is 13.3. The van der Waals surface area contributed by atoms with Crippen LogP contribution in [0.2, 0.25) is 0 Å². The summed E-state index contributed by atoms with van der Waals surface area (Å²) in [5.41, 5.74) is 0.179. The molecule has 1 aromatic rings. The predicted molar refractivity (Wildman–Crippen MR) is 113 cm³/mol. The maximum Gasteiger partial charge on any atom is 0.157 e. The average molecular weight is 410 g/mol. The zero-order chi connectivity index (χ0) is 21.1. The molecule has 1 N–H and O–H groups in total. The van der Waals surface area contributed by atoms with Crippen molar-refractivity contribution in [3.63, 3.8) is 0 Å².